The number of amides is 1. The first kappa shape index (κ1) is 26.4. The van der Waals surface area contributed by atoms with E-state index in [-0.39, 0.29) is 34.6 Å². The monoisotopic (exact) mass is 549 g/mol. The van der Waals surface area contributed by atoms with Gasteiger partial charge in [0.15, 0.2) is 20.7 Å². The summed E-state index contributed by atoms with van der Waals surface area (Å²) >= 11 is 7.62. The molecule has 0 aliphatic carbocycles. The number of sulfone groups is 1. The van der Waals surface area contributed by atoms with Crippen molar-refractivity contribution in [3.05, 3.63) is 82.4 Å². The lowest BCUT2D eigenvalue weighted by molar-refractivity contribution is 0.0674. The summed E-state index contributed by atoms with van der Waals surface area (Å²) in [5.74, 6) is 0.338. The summed E-state index contributed by atoms with van der Waals surface area (Å²) in [4.78, 5) is 23.8. The number of rotatable bonds is 9. The molecule has 7 nitrogen and oxygen atoms in total. The highest BCUT2D eigenvalue weighted by atomic mass is 35.5. The van der Waals surface area contributed by atoms with Crippen LogP contribution < -0.4 is 4.74 Å². The van der Waals surface area contributed by atoms with Gasteiger partial charge in [0.25, 0.3) is 5.91 Å². The number of benzene rings is 2. The van der Waals surface area contributed by atoms with Gasteiger partial charge in [0.05, 0.1) is 29.3 Å². The number of ether oxygens (including phenoxy) is 1. The molecule has 1 aliphatic rings. The Morgan fingerprint density at radius 2 is 1.86 bits per heavy atom. The number of aromatic nitrogens is 2. The van der Waals surface area contributed by atoms with Crippen LogP contribution in [0.2, 0.25) is 5.02 Å². The molecule has 3 aromatic rings. The van der Waals surface area contributed by atoms with Crippen molar-refractivity contribution in [1.82, 2.24) is 14.9 Å². The predicted octanol–water partition coefficient (Wildman–Crippen LogP) is 4.79. The smallest absolute Gasteiger partial charge is 0.274 e. The quantitative estimate of drug-likeness (QED) is 0.280. The molecular formula is C25H25ClFN3O4S2. The van der Waals surface area contributed by atoms with Gasteiger partial charge < -0.3 is 9.64 Å². The van der Waals surface area contributed by atoms with Crippen molar-refractivity contribution in [2.75, 3.05) is 18.1 Å². The molecule has 0 saturated carbocycles. The molecule has 0 radical (unpaired) electrons. The van der Waals surface area contributed by atoms with Crippen molar-refractivity contribution < 1.29 is 22.3 Å². The minimum Gasteiger partial charge on any atom is -0.494 e. The molecule has 1 aromatic heterocycles. The summed E-state index contributed by atoms with van der Waals surface area (Å²) in [6.07, 6.45) is 1.72. The van der Waals surface area contributed by atoms with Gasteiger partial charge in [0.1, 0.15) is 11.6 Å². The van der Waals surface area contributed by atoms with Gasteiger partial charge >= 0.3 is 0 Å². The Morgan fingerprint density at radius 3 is 2.50 bits per heavy atom. The van der Waals surface area contributed by atoms with Gasteiger partial charge in [-0.15, -0.1) is 0 Å². The Balaban J connectivity index is 1.57. The number of thioether (sulfide) groups is 1. The Morgan fingerprint density at radius 1 is 1.17 bits per heavy atom. The predicted molar refractivity (Wildman–Crippen MR) is 138 cm³/mol. The lowest BCUT2D eigenvalue weighted by Crippen LogP contribution is -2.41. The molecule has 0 bridgehead atoms. The van der Waals surface area contributed by atoms with E-state index in [1.54, 1.807) is 12.1 Å². The summed E-state index contributed by atoms with van der Waals surface area (Å²) in [6, 6.07) is 12.9. The third-order valence-corrected chi connectivity index (χ3v) is 8.66. The summed E-state index contributed by atoms with van der Waals surface area (Å²) in [6.45, 7) is 2.63. The standard InChI is InChI=1S/C25H25ClFN3O4S2/c1-2-34-21-9-5-17(6-10-21)14-30(20-11-12-36(32,33)16-20)24(31)23-22(26)13-28-25(29-23)35-15-18-3-7-19(27)8-4-18/h3-10,13,20H,2,11-12,14-16H2,1H3/t20-/m0/s1. The van der Waals surface area contributed by atoms with Crippen LogP contribution in [0.25, 0.3) is 0 Å². The van der Waals surface area contributed by atoms with Gasteiger partial charge in [-0.1, -0.05) is 47.6 Å². The largest absolute Gasteiger partial charge is 0.494 e. The summed E-state index contributed by atoms with van der Waals surface area (Å²) in [7, 11) is -3.23. The molecule has 1 aliphatic heterocycles. The second-order valence-corrected chi connectivity index (χ2v) is 11.9. The highest BCUT2D eigenvalue weighted by Gasteiger charge is 2.36. The van der Waals surface area contributed by atoms with E-state index in [0.717, 1.165) is 11.1 Å². The van der Waals surface area contributed by atoms with Crippen LogP contribution in [0.1, 0.15) is 35.0 Å². The van der Waals surface area contributed by atoms with Crippen LogP contribution in [-0.2, 0) is 22.1 Å². The van der Waals surface area contributed by atoms with Crippen molar-refractivity contribution >= 4 is 39.1 Å². The lowest BCUT2D eigenvalue weighted by atomic mass is 10.1. The molecule has 2 heterocycles. The van der Waals surface area contributed by atoms with Crippen LogP contribution in [0.15, 0.2) is 59.9 Å². The van der Waals surface area contributed by atoms with E-state index in [1.165, 1.54) is 35.0 Å². The van der Waals surface area contributed by atoms with Crippen molar-refractivity contribution in [2.45, 2.75) is 36.8 Å². The first-order valence-electron chi connectivity index (χ1n) is 11.4. The number of carbonyl (C=O) groups excluding carboxylic acids is 1. The first-order valence-corrected chi connectivity index (χ1v) is 14.6. The zero-order chi connectivity index (χ0) is 25.7. The molecule has 1 amide bonds. The van der Waals surface area contributed by atoms with Crippen LogP contribution in [-0.4, -0.2) is 53.3 Å². The fourth-order valence-corrected chi connectivity index (χ4v) is 6.55. The first-order chi connectivity index (χ1) is 17.2. The van der Waals surface area contributed by atoms with Crippen molar-refractivity contribution in [3.8, 4) is 5.75 Å². The second-order valence-electron chi connectivity index (χ2n) is 8.33. The topological polar surface area (TPSA) is 89.5 Å². The maximum absolute atomic E-state index is 13.7. The maximum atomic E-state index is 13.7. The number of halogens is 2. The van der Waals surface area contributed by atoms with Crippen LogP contribution in [0.4, 0.5) is 4.39 Å². The Labute approximate surface area is 219 Å². The van der Waals surface area contributed by atoms with Gasteiger partial charge in [-0.25, -0.2) is 22.8 Å². The van der Waals surface area contributed by atoms with Gasteiger partial charge in [-0.3, -0.25) is 4.79 Å². The highest BCUT2D eigenvalue weighted by molar-refractivity contribution is 7.98. The van der Waals surface area contributed by atoms with E-state index in [4.69, 9.17) is 16.3 Å². The van der Waals surface area contributed by atoms with Crippen LogP contribution in [0.3, 0.4) is 0 Å². The van der Waals surface area contributed by atoms with E-state index >= 15 is 0 Å². The molecule has 0 N–H and O–H groups in total. The summed E-state index contributed by atoms with van der Waals surface area (Å²) in [5.41, 5.74) is 1.72. The van der Waals surface area contributed by atoms with Gasteiger partial charge in [0, 0.05) is 18.3 Å². The number of hydrogen-bond donors (Lipinski definition) is 0. The Kier molecular flexibility index (Phi) is 8.48. The molecule has 11 heteroatoms. The Hall–Kier alpha value is -2.69. The third kappa shape index (κ3) is 6.74. The van der Waals surface area contributed by atoms with Crippen LogP contribution >= 0.6 is 23.4 Å². The van der Waals surface area contributed by atoms with Crippen LogP contribution in [0, 0.1) is 5.82 Å². The molecule has 1 saturated heterocycles. The second kappa shape index (κ2) is 11.6. The fourth-order valence-electron chi connectivity index (χ4n) is 3.88. The molecule has 0 unspecified atom stereocenters. The van der Waals surface area contributed by atoms with Crippen molar-refractivity contribution in [1.29, 1.82) is 0 Å². The summed E-state index contributed by atoms with van der Waals surface area (Å²) < 4.78 is 43.1. The SMILES string of the molecule is CCOc1ccc(CN(C(=O)c2nc(SCc3ccc(F)cc3)ncc2Cl)[C@H]2CCS(=O)(=O)C2)cc1. The average molecular weight is 550 g/mol. The third-order valence-electron chi connectivity index (χ3n) is 5.70. The molecule has 1 fully saturated rings. The maximum Gasteiger partial charge on any atom is 0.274 e. The number of hydrogen-bond acceptors (Lipinski definition) is 7. The lowest BCUT2D eigenvalue weighted by Gasteiger charge is -2.28. The molecule has 36 heavy (non-hydrogen) atoms. The molecule has 0 spiro atoms. The van der Waals surface area contributed by atoms with Gasteiger partial charge in [0.2, 0.25) is 0 Å². The normalized spacial score (nSPS) is 16.6. The van der Waals surface area contributed by atoms with Gasteiger partial charge in [-0.2, -0.15) is 0 Å². The van der Waals surface area contributed by atoms with E-state index in [1.807, 2.05) is 31.2 Å². The minimum absolute atomic E-state index is 0.0171. The number of nitrogens with zero attached hydrogens (tertiary/aromatic N) is 3. The molecule has 190 valence electrons. The molecule has 2 aromatic carbocycles. The zero-order valence-electron chi connectivity index (χ0n) is 19.6. The Bertz CT molecular complexity index is 1320. The molecule has 1 atom stereocenters. The number of carbonyl (C=O) groups is 1. The van der Waals surface area contributed by atoms with Gasteiger partial charge in [-0.05, 0) is 48.7 Å². The van der Waals surface area contributed by atoms with Crippen LogP contribution in [0.5, 0.6) is 5.75 Å². The van der Waals surface area contributed by atoms with E-state index in [2.05, 4.69) is 9.97 Å². The molecule has 4 rings (SSSR count). The van der Waals surface area contributed by atoms with E-state index < -0.39 is 21.8 Å². The minimum atomic E-state index is -3.23. The summed E-state index contributed by atoms with van der Waals surface area (Å²) in [5, 5.41) is 0.427. The zero-order valence-corrected chi connectivity index (χ0v) is 22.0. The van der Waals surface area contributed by atoms with Crippen molar-refractivity contribution in [3.63, 3.8) is 0 Å². The van der Waals surface area contributed by atoms with Crippen molar-refractivity contribution in [2.24, 2.45) is 0 Å². The highest BCUT2D eigenvalue weighted by Crippen LogP contribution is 2.27. The average Bonchev–Trinajstić information content (AvgIpc) is 3.23. The molecular weight excluding hydrogens is 525 g/mol. The fraction of sp³-hybridized carbons (Fsp3) is 0.320. The van der Waals surface area contributed by atoms with E-state index in [9.17, 15) is 17.6 Å². The van der Waals surface area contributed by atoms with E-state index in [0.29, 0.717) is 29.7 Å².